The number of benzene rings is 1. The Balaban J connectivity index is 3.19. The van der Waals surface area contributed by atoms with Crippen LogP contribution in [-0.2, 0) is 0 Å². The minimum atomic E-state index is -0.372. The van der Waals surface area contributed by atoms with Crippen molar-refractivity contribution >= 4 is 5.69 Å². The molecule has 0 radical (unpaired) electrons. The summed E-state index contributed by atoms with van der Waals surface area (Å²) in [7, 11) is 1.93. The van der Waals surface area contributed by atoms with E-state index in [-0.39, 0.29) is 11.4 Å². The molecule has 0 aliphatic rings. The fourth-order valence-electron chi connectivity index (χ4n) is 1.45. The molecule has 0 saturated carbocycles. The second-order valence-corrected chi connectivity index (χ2v) is 4.50. The van der Waals surface area contributed by atoms with Crippen molar-refractivity contribution in [3.63, 3.8) is 0 Å². The summed E-state index contributed by atoms with van der Waals surface area (Å²) in [6.07, 6.45) is 0.950. The molecule has 0 atom stereocenters. The smallest absolute Gasteiger partial charge is 0.124 e. The summed E-state index contributed by atoms with van der Waals surface area (Å²) in [4.78, 5) is 2.02. The lowest BCUT2D eigenvalue weighted by atomic mass is 9.98. The molecule has 86 valence electrons. The highest BCUT2D eigenvalue weighted by Gasteiger charge is 2.23. The molecule has 0 fully saturated rings. The number of nitrogens with zero attached hydrogens (tertiary/aromatic N) is 2. The van der Waals surface area contributed by atoms with Gasteiger partial charge in [-0.15, -0.1) is 0 Å². The van der Waals surface area contributed by atoms with E-state index in [4.69, 9.17) is 5.26 Å². The highest BCUT2D eigenvalue weighted by Crippen LogP contribution is 2.28. The van der Waals surface area contributed by atoms with E-state index in [1.54, 1.807) is 6.07 Å². The zero-order valence-corrected chi connectivity index (χ0v) is 10.2. The van der Waals surface area contributed by atoms with Crippen LogP contribution < -0.4 is 4.90 Å². The Bertz CT molecular complexity index is 418. The van der Waals surface area contributed by atoms with Gasteiger partial charge in [0, 0.05) is 12.6 Å². The van der Waals surface area contributed by atoms with Gasteiger partial charge in [0.05, 0.1) is 11.3 Å². The highest BCUT2D eigenvalue weighted by molar-refractivity contribution is 5.60. The van der Waals surface area contributed by atoms with Gasteiger partial charge in [0.15, 0.2) is 0 Å². The Hall–Kier alpha value is -1.56. The van der Waals surface area contributed by atoms with Crippen molar-refractivity contribution < 1.29 is 4.39 Å². The maximum Gasteiger partial charge on any atom is 0.124 e. The van der Waals surface area contributed by atoms with Gasteiger partial charge < -0.3 is 4.90 Å². The molecule has 3 heteroatoms. The molecule has 16 heavy (non-hydrogen) atoms. The van der Waals surface area contributed by atoms with E-state index in [1.807, 2.05) is 18.0 Å². The van der Waals surface area contributed by atoms with E-state index in [0.29, 0.717) is 5.56 Å². The summed E-state index contributed by atoms with van der Waals surface area (Å²) in [6, 6.07) is 6.35. The molecule has 0 amide bonds. The van der Waals surface area contributed by atoms with Gasteiger partial charge in [-0.05, 0) is 38.5 Å². The second kappa shape index (κ2) is 4.52. The van der Waals surface area contributed by atoms with Crippen LogP contribution in [0.5, 0.6) is 0 Å². The number of halogens is 1. The molecule has 0 unspecified atom stereocenters. The highest BCUT2D eigenvalue weighted by atomic mass is 19.1. The molecule has 0 aliphatic heterocycles. The second-order valence-electron chi connectivity index (χ2n) is 4.50. The largest absolute Gasteiger partial charge is 0.368 e. The van der Waals surface area contributed by atoms with Gasteiger partial charge in [0.25, 0.3) is 0 Å². The molecule has 0 spiro atoms. The van der Waals surface area contributed by atoms with Gasteiger partial charge in [-0.1, -0.05) is 6.92 Å². The molecule has 0 bridgehead atoms. The van der Waals surface area contributed by atoms with Gasteiger partial charge in [0.1, 0.15) is 11.9 Å². The maximum atomic E-state index is 13.0. The van der Waals surface area contributed by atoms with Crippen LogP contribution in [0, 0.1) is 17.1 Å². The summed E-state index contributed by atoms with van der Waals surface area (Å²) < 4.78 is 13.0. The molecule has 0 N–H and O–H groups in total. The molecule has 2 nitrogen and oxygen atoms in total. The number of rotatable bonds is 3. The van der Waals surface area contributed by atoms with Gasteiger partial charge in [-0.25, -0.2) is 4.39 Å². The van der Waals surface area contributed by atoms with Crippen LogP contribution in [0.3, 0.4) is 0 Å². The van der Waals surface area contributed by atoms with Gasteiger partial charge >= 0.3 is 0 Å². The van der Waals surface area contributed by atoms with Gasteiger partial charge in [-0.2, -0.15) is 5.26 Å². The van der Waals surface area contributed by atoms with Crippen LogP contribution in [0.2, 0.25) is 0 Å². The minimum absolute atomic E-state index is 0.0522. The van der Waals surface area contributed by atoms with Crippen molar-refractivity contribution in [2.45, 2.75) is 32.7 Å². The predicted octanol–water partition coefficient (Wildman–Crippen LogP) is 3.32. The van der Waals surface area contributed by atoms with Crippen LogP contribution in [0.15, 0.2) is 18.2 Å². The van der Waals surface area contributed by atoms with Gasteiger partial charge in [0.2, 0.25) is 0 Å². The first kappa shape index (κ1) is 12.5. The van der Waals surface area contributed by atoms with E-state index < -0.39 is 0 Å². The molecular formula is C13H17FN2. The van der Waals surface area contributed by atoms with Crippen LogP contribution in [-0.4, -0.2) is 12.6 Å². The van der Waals surface area contributed by atoms with E-state index in [1.165, 1.54) is 12.1 Å². The molecular weight excluding hydrogens is 203 g/mol. The molecule has 1 aromatic rings. The van der Waals surface area contributed by atoms with Crippen LogP contribution in [0.1, 0.15) is 32.8 Å². The number of hydrogen-bond donors (Lipinski definition) is 0. The zero-order valence-electron chi connectivity index (χ0n) is 10.2. The first-order valence-electron chi connectivity index (χ1n) is 5.36. The molecule has 1 rings (SSSR count). The van der Waals surface area contributed by atoms with E-state index in [9.17, 15) is 4.39 Å². The molecule has 0 saturated heterocycles. The summed E-state index contributed by atoms with van der Waals surface area (Å²) in [5.74, 6) is -0.372. The molecule has 0 aliphatic carbocycles. The third-order valence-corrected chi connectivity index (χ3v) is 3.21. The van der Waals surface area contributed by atoms with Crippen molar-refractivity contribution in [3.8, 4) is 6.07 Å². The Labute approximate surface area is 96.3 Å². The van der Waals surface area contributed by atoms with Crippen LogP contribution in [0.4, 0.5) is 10.1 Å². The Kier molecular flexibility index (Phi) is 3.54. The minimum Gasteiger partial charge on any atom is -0.368 e. The lowest BCUT2D eigenvalue weighted by Gasteiger charge is -2.37. The maximum absolute atomic E-state index is 13.0. The van der Waals surface area contributed by atoms with E-state index in [0.717, 1.165) is 12.1 Å². The van der Waals surface area contributed by atoms with E-state index >= 15 is 0 Å². The Morgan fingerprint density at radius 3 is 2.56 bits per heavy atom. The average Bonchev–Trinajstić information content (AvgIpc) is 2.27. The van der Waals surface area contributed by atoms with Crippen molar-refractivity contribution in [3.05, 3.63) is 29.6 Å². The topological polar surface area (TPSA) is 27.0 Å². The Morgan fingerprint density at radius 2 is 2.06 bits per heavy atom. The fourth-order valence-corrected chi connectivity index (χ4v) is 1.45. The quantitative estimate of drug-likeness (QED) is 0.781. The van der Waals surface area contributed by atoms with Crippen molar-refractivity contribution in [2.75, 3.05) is 11.9 Å². The third-order valence-electron chi connectivity index (χ3n) is 3.21. The standard InChI is InChI=1S/C13H17FN2/c1-5-13(2,3)16(4)12-7-6-11(14)8-10(12)9-15/h6-8H,5H2,1-4H3. The monoisotopic (exact) mass is 220 g/mol. The zero-order chi connectivity index (χ0) is 12.3. The summed E-state index contributed by atoms with van der Waals surface area (Å²) in [6.45, 7) is 6.28. The van der Waals surface area contributed by atoms with Crippen molar-refractivity contribution in [2.24, 2.45) is 0 Å². The van der Waals surface area contributed by atoms with E-state index in [2.05, 4.69) is 20.8 Å². The number of hydrogen-bond acceptors (Lipinski definition) is 2. The first-order chi connectivity index (χ1) is 7.42. The van der Waals surface area contributed by atoms with Gasteiger partial charge in [-0.3, -0.25) is 0 Å². The first-order valence-corrected chi connectivity index (χ1v) is 5.36. The summed E-state index contributed by atoms with van der Waals surface area (Å²) >= 11 is 0. The lowest BCUT2D eigenvalue weighted by molar-refractivity contribution is 0.470. The normalized spacial score (nSPS) is 11.0. The SMILES string of the molecule is CCC(C)(C)N(C)c1ccc(F)cc1C#N. The average molecular weight is 220 g/mol. The predicted molar refractivity (Wildman–Crippen MR) is 63.9 cm³/mol. The molecule has 0 aromatic heterocycles. The van der Waals surface area contributed by atoms with Crippen molar-refractivity contribution in [1.29, 1.82) is 5.26 Å². The molecule has 0 heterocycles. The number of nitriles is 1. The third kappa shape index (κ3) is 2.33. The summed E-state index contributed by atoms with van der Waals surface area (Å²) in [5.41, 5.74) is 1.10. The molecule has 1 aromatic carbocycles. The van der Waals surface area contributed by atoms with Crippen LogP contribution >= 0.6 is 0 Å². The Morgan fingerprint density at radius 1 is 1.44 bits per heavy atom. The fraction of sp³-hybridized carbons (Fsp3) is 0.462. The van der Waals surface area contributed by atoms with Crippen LogP contribution in [0.25, 0.3) is 0 Å². The van der Waals surface area contributed by atoms with Crippen molar-refractivity contribution in [1.82, 2.24) is 0 Å². The summed E-state index contributed by atoms with van der Waals surface area (Å²) in [5, 5.41) is 8.99. The number of anilines is 1. The lowest BCUT2D eigenvalue weighted by Crippen LogP contribution is -2.40.